The lowest BCUT2D eigenvalue weighted by molar-refractivity contribution is 0.445. The van der Waals surface area contributed by atoms with Gasteiger partial charge in [0.25, 0.3) is 0 Å². The smallest absolute Gasteiger partial charge is 0.129 e. The average Bonchev–Trinajstić information content (AvgIpc) is 2.98. The van der Waals surface area contributed by atoms with Crippen LogP contribution in [-0.2, 0) is 6.42 Å². The first-order valence-electron chi connectivity index (χ1n) is 6.29. The van der Waals surface area contributed by atoms with Gasteiger partial charge in [0.1, 0.15) is 11.6 Å². The van der Waals surface area contributed by atoms with Crippen LogP contribution in [0.2, 0.25) is 0 Å². The fraction of sp³-hybridized carbons (Fsp3) is 0.571. The first-order chi connectivity index (χ1) is 8.11. The van der Waals surface area contributed by atoms with E-state index in [0.29, 0.717) is 23.9 Å². The van der Waals surface area contributed by atoms with E-state index in [2.05, 4.69) is 19.2 Å². The molecular formula is C14H19F2N. The number of hydrogen-bond donors (Lipinski definition) is 1. The van der Waals surface area contributed by atoms with Crippen LogP contribution in [0.15, 0.2) is 18.2 Å². The van der Waals surface area contributed by atoms with Crippen molar-refractivity contribution in [2.24, 2.45) is 11.8 Å². The standard InChI is InChI=1S/C14H19F2N/c1-3-17-14(12-6-9(12)2)7-10-4-5-11(15)8-13(10)16/h4-5,8-9,12,14,17H,3,6-7H2,1-2H3. The van der Waals surface area contributed by atoms with Crippen LogP contribution in [-0.4, -0.2) is 12.6 Å². The summed E-state index contributed by atoms with van der Waals surface area (Å²) in [6.45, 7) is 5.16. The first kappa shape index (κ1) is 12.5. The van der Waals surface area contributed by atoms with Crippen molar-refractivity contribution in [3.05, 3.63) is 35.4 Å². The third-order valence-electron chi connectivity index (χ3n) is 3.61. The maximum atomic E-state index is 13.6. The molecule has 0 amide bonds. The number of halogens is 2. The second-order valence-corrected chi connectivity index (χ2v) is 4.98. The van der Waals surface area contributed by atoms with Crippen molar-refractivity contribution >= 4 is 0 Å². The predicted molar refractivity (Wildman–Crippen MR) is 64.8 cm³/mol. The summed E-state index contributed by atoms with van der Waals surface area (Å²) < 4.78 is 26.4. The van der Waals surface area contributed by atoms with Crippen molar-refractivity contribution in [3.8, 4) is 0 Å². The molecule has 0 saturated heterocycles. The zero-order chi connectivity index (χ0) is 12.4. The molecule has 0 aromatic heterocycles. The summed E-state index contributed by atoms with van der Waals surface area (Å²) in [5.74, 6) is 0.425. The van der Waals surface area contributed by atoms with Crippen molar-refractivity contribution in [1.29, 1.82) is 0 Å². The van der Waals surface area contributed by atoms with E-state index in [1.54, 1.807) is 6.07 Å². The zero-order valence-corrected chi connectivity index (χ0v) is 10.3. The highest BCUT2D eigenvalue weighted by atomic mass is 19.1. The van der Waals surface area contributed by atoms with Crippen LogP contribution in [0.4, 0.5) is 8.78 Å². The normalized spacial score (nSPS) is 24.7. The lowest BCUT2D eigenvalue weighted by atomic mass is 10.0. The fourth-order valence-corrected chi connectivity index (χ4v) is 2.47. The van der Waals surface area contributed by atoms with Crippen LogP contribution < -0.4 is 5.32 Å². The zero-order valence-electron chi connectivity index (χ0n) is 10.3. The minimum absolute atomic E-state index is 0.315. The van der Waals surface area contributed by atoms with Crippen LogP contribution in [0, 0.1) is 23.5 Å². The Morgan fingerprint density at radius 1 is 1.41 bits per heavy atom. The third kappa shape index (κ3) is 3.03. The van der Waals surface area contributed by atoms with Crippen LogP contribution >= 0.6 is 0 Å². The Balaban J connectivity index is 2.06. The van der Waals surface area contributed by atoms with Gasteiger partial charge in [0, 0.05) is 12.1 Å². The minimum Gasteiger partial charge on any atom is -0.314 e. The summed E-state index contributed by atoms with van der Waals surface area (Å²) in [7, 11) is 0. The molecule has 2 rings (SSSR count). The quantitative estimate of drug-likeness (QED) is 0.832. The first-order valence-corrected chi connectivity index (χ1v) is 6.29. The van der Waals surface area contributed by atoms with Gasteiger partial charge < -0.3 is 5.32 Å². The van der Waals surface area contributed by atoms with Gasteiger partial charge in [0.2, 0.25) is 0 Å². The maximum absolute atomic E-state index is 13.6. The molecule has 1 fully saturated rings. The Bertz CT molecular complexity index is 392. The van der Waals surface area contributed by atoms with Gasteiger partial charge in [-0.25, -0.2) is 8.78 Å². The summed E-state index contributed by atoms with van der Waals surface area (Å²) in [4.78, 5) is 0. The van der Waals surface area contributed by atoms with Crippen molar-refractivity contribution in [2.45, 2.75) is 32.7 Å². The van der Waals surface area contributed by atoms with E-state index in [-0.39, 0.29) is 0 Å². The van der Waals surface area contributed by atoms with Crippen LogP contribution in [0.5, 0.6) is 0 Å². The topological polar surface area (TPSA) is 12.0 Å². The monoisotopic (exact) mass is 239 g/mol. The average molecular weight is 239 g/mol. The summed E-state index contributed by atoms with van der Waals surface area (Å²) in [5, 5.41) is 3.40. The molecule has 3 unspecified atom stereocenters. The van der Waals surface area contributed by atoms with Gasteiger partial charge in [0.05, 0.1) is 0 Å². The molecule has 1 aromatic rings. The Labute approximate surface area is 101 Å². The summed E-state index contributed by atoms with van der Waals surface area (Å²) in [6, 6.07) is 4.17. The molecule has 1 aromatic carbocycles. The number of hydrogen-bond acceptors (Lipinski definition) is 1. The van der Waals surface area contributed by atoms with Gasteiger partial charge in [-0.05, 0) is 42.9 Å². The molecule has 1 saturated carbocycles. The van der Waals surface area contributed by atoms with Gasteiger partial charge in [-0.3, -0.25) is 0 Å². The van der Waals surface area contributed by atoms with Crippen molar-refractivity contribution in [1.82, 2.24) is 5.32 Å². The fourth-order valence-electron chi connectivity index (χ4n) is 2.47. The molecule has 0 aliphatic heterocycles. The molecule has 1 N–H and O–H groups in total. The van der Waals surface area contributed by atoms with Gasteiger partial charge in [-0.15, -0.1) is 0 Å². The molecule has 0 bridgehead atoms. The Kier molecular flexibility index (Phi) is 3.77. The molecule has 0 radical (unpaired) electrons. The Morgan fingerprint density at radius 2 is 2.12 bits per heavy atom. The summed E-state index contributed by atoms with van der Waals surface area (Å²) in [5.41, 5.74) is 0.608. The van der Waals surface area contributed by atoms with Gasteiger partial charge >= 0.3 is 0 Å². The van der Waals surface area contributed by atoms with Crippen molar-refractivity contribution < 1.29 is 8.78 Å². The molecule has 3 heteroatoms. The molecule has 17 heavy (non-hydrogen) atoms. The molecule has 1 nitrogen and oxygen atoms in total. The van der Waals surface area contributed by atoms with E-state index in [4.69, 9.17) is 0 Å². The van der Waals surface area contributed by atoms with E-state index < -0.39 is 11.6 Å². The van der Waals surface area contributed by atoms with E-state index in [1.807, 2.05) is 0 Å². The number of nitrogens with one attached hydrogen (secondary N) is 1. The largest absolute Gasteiger partial charge is 0.314 e. The third-order valence-corrected chi connectivity index (χ3v) is 3.61. The highest BCUT2D eigenvalue weighted by Gasteiger charge is 2.39. The van der Waals surface area contributed by atoms with E-state index in [9.17, 15) is 8.78 Å². The molecule has 0 spiro atoms. The van der Waals surface area contributed by atoms with E-state index in [1.165, 1.54) is 12.5 Å². The minimum atomic E-state index is -0.508. The second kappa shape index (κ2) is 5.13. The molecule has 1 aliphatic rings. The van der Waals surface area contributed by atoms with Crippen LogP contribution in [0.25, 0.3) is 0 Å². The molecule has 0 heterocycles. The van der Waals surface area contributed by atoms with E-state index >= 15 is 0 Å². The molecule has 3 atom stereocenters. The van der Waals surface area contributed by atoms with E-state index in [0.717, 1.165) is 18.5 Å². The Morgan fingerprint density at radius 3 is 2.65 bits per heavy atom. The predicted octanol–water partition coefficient (Wildman–Crippen LogP) is 3.14. The van der Waals surface area contributed by atoms with Crippen LogP contribution in [0.1, 0.15) is 25.8 Å². The number of benzene rings is 1. The SMILES string of the molecule is CCNC(Cc1ccc(F)cc1F)C1CC1C. The van der Waals surface area contributed by atoms with Gasteiger partial charge in [-0.2, -0.15) is 0 Å². The van der Waals surface area contributed by atoms with Crippen molar-refractivity contribution in [2.75, 3.05) is 6.54 Å². The number of likely N-dealkylation sites (N-methyl/N-ethyl adjacent to an activating group) is 1. The van der Waals surface area contributed by atoms with Crippen LogP contribution in [0.3, 0.4) is 0 Å². The molecule has 1 aliphatic carbocycles. The molecular weight excluding hydrogens is 220 g/mol. The van der Waals surface area contributed by atoms with Gasteiger partial charge in [-0.1, -0.05) is 19.9 Å². The maximum Gasteiger partial charge on any atom is 0.129 e. The lowest BCUT2D eigenvalue weighted by Gasteiger charge is -2.18. The Hall–Kier alpha value is -0.960. The number of rotatable bonds is 5. The molecule has 94 valence electrons. The summed E-state index contributed by atoms with van der Waals surface area (Å²) in [6.07, 6.45) is 1.86. The summed E-state index contributed by atoms with van der Waals surface area (Å²) >= 11 is 0. The van der Waals surface area contributed by atoms with Gasteiger partial charge in [0.15, 0.2) is 0 Å². The highest BCUT2D eigenvalue weighted by Crippen LogP contribution is 2.41. The van der Waals surface area contributed by atoms with Crippen molar-refractivity contribution in [3.63, 3.8) is 0 Å². The lowest BCUT2D eigenvalue weighted by Crippen LogP contribution is -2.33. The second-order valence-electron chi connectivity index (χ2n) is 4.98. The highest BCUT2D eigenvalue weighted by molar-refractivity contribution is 5.20.